The lowest BCUT2D eigenvalue weighted by Crippen LogP contribution is -2.40. The number of aryl methyl sites for hydroxylation is 1. The first kappa shape index (κ1) is 15.6. The Morgan fingerprint density at radius 1 is 1.27 bits per heavy atom. The van der Waals surface area contributed by atoms with Crippen LogP contribution in [-0.2, 0) is 4.79 Å². The number of hydrogen-bond donors (Lipinski definition) is 2. The zero-order chi connectivity index (χ0) is 16.1. The maximum atomic E-state index is 12.1. The highest BCUT2D eigenvalue weighted by atomic mass is 16.4. The smallest absolute Gasteiger partial charge is 0.326 e. The number of carboxylic acids is 1. The Balaban J connectivity index is 2.23. The topological polar surface area (TPSA) is 92.2 Å². The Hall–Kier alpha value is -2.76. The number of hydrogen-bond acceptors (Lipinski definition) is 4. The molecule has 2 N–H and O–H groups in total. The highest BCUT2D eigenvalue weighted by Gasteiger charge is 2.20. The van der Waals surface area contributed by atoms with Crippen molar-refractivity contribution >= 4 is 11.9 Å². The van der Waals surface area contributed by atoms with Crippen LogP contribution in [0.2, 0.25) is 0 Å². The number of aliphatic carboxylic acids is 1. The number of amides is 1. The van der Waals surface area contributed by atoms with Gasteiger partial charge in [0.25, 0.3) is 5.91 Å². The lowest BCUT2D eigenvalue weighted by atomic mass is 10.1. The molecular formula is C16H17N3O3. The number of nitrogens with one attached hydrogen (secondary N) is 1. The molecule has 0 spiro atoms. The van der Waals surface area contributed by atoms with Crippen LogP contribution >= 0.6 is 0 Å². The molecule has 22 heavy (non-hydrogen) atoms. The molecule has 2 aromatic rings. The van der Waals surface area contributed by atoms with Gasteiger partial charge in [-0.25, -0.2) is 14.8 Å². The SMILES string of the molecule is CCC(NC(=O)c1cnc(-c2ccccc2)nc1C)C(=O)O. The van der Waals surface area contributed by atoms with Crippen molar-refractivity contribution in [2.45, 2.75) is 26.3 Å². The van der Waals surface area contributed by atoms with E-state index in [-0.39, 0.29) is 5.56 Å². The van der Waals surface area contributed by atoms with Gasteiger partial charge in [0.05, 0.1) is 11.3 Å². The molecule has 0 aliphatic heterocycles. The zero-order valence-corrected chi connectivity index (χ0v) is 12.4. The van der Waals surface area contributed by atoms with E-state index in [2.05, 4.69) is 15.3 Å². The largest absolute Gasteiger partial charge is 0.480 e. The van der Waals surface area contributed by atoms with Crippen LogP contribution in [0.15, 0.2) is 36.5 Å². The Kier molecular flexibility index (Phi) is 4.83. The van der Waals surface area contributed by atoms with Crippen LogP contribution in [0.5, 0.6) is 0 Å². The lowest BCUT2D eigenvalue weighted by Gasteiger charge is -2.13. The Bertz CT molecular complexity index is 686. The molecule has 0 saturated heterocycles. The lowest BCUT2D eigenvalue weighted by molar-refractivity contribution is -0.139. The Morgan fingerprint density at radius 3 is 2.50 bits per heavy atom. The monoisotopic (exact) mass is 299 g/mol. The average molecular weight is 299 g/mol. The molecule has 1 amide bonds. The van der Waals surface area contributed by atoms with E-state index >= 15 is 0 Å². The third kappa shape index (κ3) is 3.46. The van der Waals surface area contributed by atoms with Gasteiger partial charge in [0.15, 0.2) is 5.82 Å². The molecule has 0 fully saturated rings. The third-order valence-electron chi connectivity index (χ3n) is 3.27. The molecule has 1 atom stereocenters. The summed E-state index contributed by atoms with van der Waals surface area (Å²) in [5.41, 5.74) is 1.64. The van der Waals surface area contributed by atoms with Crippen molar-refractivity contribution in [2.24, 2.45) is 0 Å². The number of benzene rings is 1. The van der Waals surface area contributed by atoms with E-state index in [1.54, 1.807) is 13.8 Å². The fourth-order valence-corrected chi connectivity index (χ4v) is 1.99. The first-order valence-corrected chi connectivity index (χ1v) is 6.95. The van der Waals surface area contributed by atoms with Gasteiger partial charge >= 0.3 is 5.97 Å². The summed E-state index contributed by atoms with van der Waals surface area (Å²) in [4.78, 5) is 31.6. The molecule has 0 saturated carbocycles. The fraction of sp³-hybridized carbons (Fsp3) is 0.250. The van der Waals surface area contributed by atoms with E-state index in [0.29, 0.717) is 17.9 Å². The molecule has 0 radical (unpaired) electrons. The first-order chi connectivity index (χ1) is 10.5. The number of carbonyl (C=O) groups is 2. The van der Waals surface area contributed by atoms with Crippen LogP contribution < -0.4 is 5.32 Å². The maximum absolute atomic E-state index is 12.1. The van der Waals surface area contributed by atoms with Crippen molar-refractivity contribution in [3.63, 3.8) is 0 Å². The standard InChI is InChI=1S/C16H17N3O3/c1-3-13(16(21)22)19-15(20)12-9-17-14(18-10(12)2)11-7-5-4-6-8-11/h4-9,13H,3H2,1-2H3,(H,19,20)(H,21,22). The quantitative estimate of drug-likeness (QED) is 0.881. The van der Waals surface area contributed by atoms with Crippen LogP contribution in [0.1, 0.15) is 29.4 Å². The van der Waals surface area contributed by atoms with Crippen LogP contribution in [0, 0.1) is 6.92 Å². The number of nitrogens with zero attached hydrogens (tertiary/aromatic N) is 2. The summed E-state index contributed by atoms with van der Waals surface area (Å²) in [7, 11) is 0. The molecule has 2 rings (SSSR count). The summed E-state index contributed by atoms with van der Waals surface area (Å²) < 4.78 is 0. The van der Waals surface area contributed by atoms with Crippen LogP contribution in [0.3, 0.4) is 0 Å². The average Bonchev–Trinajstić information content (AvgIpc) is 2.52. The summed E-state index contributed by atoms with van der Waals surface area (Å²) in [6.07, 6.45) is 1.73. The number of carbonyl (C=O) groups excluding carboxylic acids is 1. The van der Waals surface area contributed by atoms with E-state index in [1.165, 1.54) is 6.20 Å². The second kappa shape index (κ2) is 6.80. The van der Waals surface area contributed by atoms with Gasteiger partial charge in [-0.2, -0.15) is 0 Å². The van der Waals surface area contributed by atoms with Gasteiger partial charge < -0.3 is 10.4 Å². The molecule has 6 heteroatoms. The predicted octanol–water partition coefficient (Wildman–Crippen LogP) is 2.05. The van der Waals surface area contributed by atoms with Gasteiger partial charge in [-0.15, -0.1) is 0 Å². The molecular weight excluding hydrogens is 282 g/mol. The molecule has 1 aromatic heterocycles. The summed E-state index contributed by atoms with van der Waals surface area (Å²) in [6, 6.07) is 8.51. The third-order valence-corrected chi connectivity index (χ3v) is 3.27. The first-order valence-electron chi connectivity index (χ1n) is 6.95. The number of carboxylic acid groups (broad SMARTS) is 1. The molecule has 0 aliphatic carbocycles. The van der Waals surface area contributed by atoms with Crippen molar-refractivity contribution in [2.75, 3.05) is 0 Å². The molecule has 1 aromatic carbocycles. The van der Waals surface area contributed by atoms with Crippen LogP contribution in [0.4, 0.5) is 0 Å². The van der Waals surface area contributed by atoms with E-state index in [0.717, 1.165) is 5.56 Å². The molecule has 114 valence electrons. The molecule has 0 bridgehead atoms. The van der Waals surface area contributed by atoms with Gasteiger partial charge in [-0.05, 0) is 13.3 Å². The van der Waals surface area contributed by atoms with E-state index in [4.69, 9.17) is 5.11 Å². The second-order valence-electron chi connectivity index (χ2n) is 4.83. The van der Waals surface area contributed by atoms with Crippen LogP contribution in [-0.4, -0.2) is 33.0 Å². The van der Waals surface area contributed by atoms with Gasteiger partial charge in [-0.1, -0.05) is 37.3 Å². The normalized spacial score (nSPS) is 11.7. The molecule has 1 heterocycles. The summed E-state index contributed by atoms with van der Waals surface area (Å²) in [5, 5.41) is 11.4. The molecule has 0 aliphatic rings. The minimum absolute atomic E-state index is 0.277. The van der Waals surface area contributed by atoms with Gasteiger partial charge in [0, 0.05) is 11.8 Å². The van der Waals surface area contributed by atoms with Crippen LogP contribution in [0.25, 0.3) is 11.4 Å². The second-order valence-corrected chi connectivity index (χ2v) is 4.83. The van der Waals surface area contributed by atoms with Crippen molar-refractivity contribution in [1.29, 1.82) is 0 Å². The number of aromatic nitrogens is 2. The van der Waals surface area contributed by atoms with E-state index in [9.17, 15) is 9.59 Å². The maximum Gasteiger partial charge on any atom is 0.326 e. The van der Waals surface area contributed by atoms with E-state index < -0.39 is 17.9 Å². The Morgan fingerprint density at radius 2 is 1.95 bits per heavy atom. The number of rotatable bonds is 5. The van der Waals surface area contributed by atoms with Gasteiger partial charge in [-0.3, -0.25) is 4.79 Å². The van der Waals surface area contributed by atoms with Gasteiger partial charge in [0.1, 0.15) is 6.04 Å². The zero-order valence-electron chi connectivity index (χ0n) is 12.4. The minimum atomic E-state index is -1.06. The van der Waals surface area contributed by atoms with Crippen molar-refractivity contribution in [1.82, 2.24) is 15.3 Å². The summed E-state index contributed by atoms with van der Waals surface area (Å²) >= 11 is 0. The molecule has 6 nitrogen and oxygen atoms in total. The minimum Gasteiger partial charge on any atom is -0.480 e. The molecule has 1 unspecified atom stereocenters. The highest BCUT2D eigenvalue weighted by Crippen LogP contribution is 2.15. The van der Waals surface area contributed by atoms with Crippen molar-refractivity contribution in [3.05, 3.63) is 47.8 Å². The summed E-state index contributed by atoms with van der Waals surface area (Å²) in [6.45, 7) is 3.39. The Labute approximate surface area is 128 Å². The fourth-order valence-electron chi connectivity index (χ4n) is 1.99. The van der Waals surface area contributed by atoms with Gasteiger partial charge in [0.2, 0.25) is 0 Å². The van der Waals surface area contributed by atoms with Crippen molar-refractivity contribution in [3.8, 4) is 11.4 Å². The van der Waals surface area contributed by atoms with Crippen molar-refractivity contribution < 1.29 is 14.7 Å². The predicted molar refractivity (Wildman–Crippen MR) is 81.4 cm³/mol. The van der Waals surface area contributed by atoms with E-state index in [1.807, 2.05) is 30.3 Å². The highest BCUT2D eigenvalue weighted by molar-refractivity contribution is 5.97. The summed E-state index contributed by atoms with van der Waals surface area (Å²) in [5.74, 6) is -1.01.